The maximum absolute atomic E-state index is 12.2. The second kappa shape index (κ2) is 3.84. The van der Waals surface area contributed by atoms with Crippen LogP contribution >= 0.6 is 0 Å². The molecule has 1 aliphatic heterocycles. The molecule has 3 atom stereocenters. The molecule has 1 rings (SSSR count). The average Bonchev–Trinajstić information content (AvgIpc) is 2.03. The number of nitrogens with two attached hydrogens (primary N) is 1. The van der Waals surface area contributed by atoms with Gasteiger partial charge in [0.25, 0.3) is 0 Å². The van der Waals surface area contributed by atoms with Gasteiger partial charge in [0.15, 0.2) is 6.10 Å². The molecule has 13 heavy (non-hydrogen) atoms. The molecular formula is C8H14F3NO. The monoisotopic (exact) mass is 197 g/mol. The van der Waals surface area contributed by atoms with Crippen LogP contribution in [0.1, 0.15) is 19.8 Å². The smallest absolute Gasteiger partial charge is 0.369 e. The normalized spacial score (nSPS) is 33.0. The predicted molar refractivity (Wildman–Crippen MR) is 42.2 cm³/mol. The molecule has 1 aliphatic rings. The van der Waals surface area contributed by atoms with E-state index in [-0.39, 0.29) is 25.0 Å². The zero-order valence-corrected chi connectivity index (χ0v) is 7.47. The van der Waals surface area contributed by atoms with Crippen molar-refractivity contribution in [3.63, 3.8) is 0 Å². The lowest BCUT2D eigenvalue weighted by molar-refractivity contribution is -0.236. The third-order valence-corrected chi connectivity index (χ3v) is 2.43. The van der Waals surface area contributed by atoms with E-state index in [0.29, 0.717) is 6.42 Å². The average molecular weight is 197 g/mol. The summed E-state index contributed by atoms with van der Waals surface area (Å²) in [7, 11) is 0. The van der Waals surface area contributed by atoms with Gasteiger partial charge in [-0.3, -0.25) is 0 Å². The van der Waals surface area contributed by atoms with Gasteiger partial charge in [-0.05, 0) is 25.7 Å². The van der Waals surface area contributed by atoms with Crippen molar-refractivity contribution in [1.82, 2.24) is 0 Å². The summed E-state index contributed by atoms with van der Waals surface area (Å²) in [5.41, 5.74) is 5.55. The molecule has 0 amide bonds. The van der Waals surface area contributed by atoms with Gasteiger partial charge >= 0.3 is 6.18 Å². The van der Waals surface area contributed by atoms with Crippen molar-refractivity contribution < 1.29 is 17.9 Å². The van der Waals surface area contributed by atoms with Gasteiger partial charge < -0.3 is 10.5 Å². The molecular weight excluding hydrogens is 183 g/mol. The van der Waals surface area contributed by atoms with Crippen LogP contribution < -0.4 is 5.73 Å². The second-order valence-electron chi connectivity index (χ2n) is 3.54. The summed E-state index contributed by atoms with van der Waals surface area (Å²) >= 11 is 0. The van der Waals surface area contributed by atoms with E-state index < -0.39 is 12.3 Å². The van der Waals surface area contributed by atoms with E-state index in [2.05, 4.69) is 4.74 Å². The number of hydrogen-bond donors (Lipinski definition) is 1. The molecule has 78 valence electrons. The van der Waals surface area contributed by atoms with Crippen LogP contribution in [-0.4, -0.2) is 24.9 Å². The van der Waals surface area contributed by atoms with Crippen LogP contribution in [-0.2, 0) is 4.74 Å². The highest BCUT2D eigenvalue weighted by molar-refractivity contribution is 4.80. The van der Waals surface area contributed by atoms with E-state index in [1.165, 1.54) is 0 Å². The standard InChI is InChI=1S/C8H14F3NO/c1-5(12)6-2-3-13-7(4-6)8(9,10)11/h5-7H,2-4,12H2,1H3. The highest BCUT2D eigenvalue weighted by Crippen LogP contribution is 2.33. The highest BCUT2D eigenvalue weighted by atomic mass is 19.4. The maximum atomic E-state index is 12.2. The van der Waals surface area contributed by atoms with Crippen molar-refractivity contribution in [2.45, 2.75) is 38.1 Å². The number of hydrogen-bond acceptors (Lipinski definition) is 2. The van der Waals surface area contributed by atoms with Crippen LogP contribution in [0.15, 0.2) is 0 Å². The molecule has 1 saturated heterocycles. The molecule has 0 saturated carbocycles. The Balaban J connectivity index is 2.52. The fourth-order valence-corrected chi connectivity index (χ4v) is 1.53. The SMILES string of the molecule is CC(N)C1CCOC(C(F)(F)F)C1. The van der Waals surface area contributed by atoms with Gasteiger partial charge in [-0.15, -0.1) is 0 Å². The van der Waals surface area contributed by atoms with Crippen LogP contribution in [0.4, 0.5) is 13.2 Å². The first-order valence-corrected chi connectivity index (χ1v) is 4.35. The zero-order chi connectivity index (χ0) is 10.1. The molecule has 5 heteroatoms. The van der Waals surface area contributed by atoms with Crippen LogP contribution in [0.3, 0.4) is 0 Å². The van der Waals surface area contributed by atoms with E-state index >= 15 is 0 Å². The molecule has 0 bridgehead atoms. The molecule has 3 unspecified atom stereocenters. The van der Waals surface area contributed by atoms with Gasteiger partial charge in [0.2, 0.25) is 0 Å². The number of alkyl halides is 3. The van der Waals surface area contributed by atoms with Crippen LogP contribution in [0.25, 0.3) is 0 Å². The van der Waals surface area contributed by atoms with E-state index in [1.54, 1.807) is 6.92 Å². The first-order valence-electron chi connectivity index (χ1n) is 4.35. The quantitative estimate of drug-likeness (QED) is 0.694. The Morgan fingerprint density at radius 3 is 2.54 bits per heavy atom. The lowest BCUT2D eigenvalue weighted by Crippen LogP contribution is -2.42. The topological polar surface area (TPSA) is 35.2 Å². The minimum Gasteiger partial charge on any atom is -0.369 e. The number of rotatable bonds is 1. The summed E-state index contributed by atoms with van der Waals surface area (Å²) in [4.78, 5) is 0. The van der Waals surface area contributed by atoms with Crippen molar-refractivity contribution in [1.29, 1.82) is 0 Å². The fraction of sp³-hybridized carbons (Fsp3) is 1.00. The Bertz CT molecular complexity index is 169. The fourth-order valence-electron chi connectivity index (χ4n) is 1.53. The Morgan fingerprint density at radius 2 is 2.08 bits per heavy atom. The Kier molecular flexibility index (Phi) is 3.18. The molecule has 0 aromatic rings. The van der Waals surface area contributed by atoms with Gasteiger partial charge in [0.05, 0.1) is 0 Å². The van der Waals surface area contributed by atoms with E-state index in [0.717, 1.165) is 0 Å². The van der Waals surface area contributed by atoms with Crippen molar-refractivity contribution in [3.8, 4) is 0 Å². The summed E-state index contributed by atoms with van der Waals surface area (Å²) in [6.45, 7) is 1.90. The molecule has 2 nitrogen and oxygen atoms in total. The van der Waals surface area contributed by atoms with Gasteiger partial charge in [0, 0.05) is 12.6 Å². The molecule has 0 aromatic heterocycles. The zero-order valence-electron chi connectivity index (χ0n) is 7.47. The van der Waals surface area contributed by atoms with Crippen molar-refractivity contribution >= 4 is 0 Å². The molecule has 0 radical (unpaired) electrons. The Labute approximate surface area is 75.2 Å². The van der Waals surface area contributed by atoms with Crippen LogP contribution in [0, 0.1) is 5.92 Å². The predicted octanol–water partition coefficient (Wildman–Crippen LogP) is 1.69. The van der Waals surface area contributed by atoms with Crippen molar-refractivity contribution in [3.05, 3.63) is 0 Å². The molecule has 0 spiro atoms. The van der Waals surface area contributed by atoms with Gasteiger partial charge in [-0.1, -0.05) is 0 Å². The summed E-state index contributed by atoms with van der Waals surface area (Å²) in [6, 6.07) is -0.186. The lowest BCUT2D eigenvalue weighted by Gasteiger charge is -2.32. The van der Waals surface area contributed by atoms with Crippen molar-refractivity contribution in [2.75, 3.05) is 6.61 Å². The summed E-state index contributed by atoms with van der Waals surface area (Å²) in [6.07, 6.45) is -5.23. The molecule has 1 heterocycles. The molecule has 0 aliphatic carbocycles. The maximum Gasteiger partial charge on any atom is 0.414 e. The van der Waals surface area contributed by atoms with Crippen LogP contribution in [0.2, 0.25) is 0 Å². The molecule has 2 N–H and O–H groups in total. The van der Waals surface area contributed by atoms with Gasteiger partial charge in [-0.2, -0.15) is 13.2 Å². The van der Waals surface area contributed by atoms with E-state index in [9.17, 15) is 13.2 Å². The number of ether oxygens (including phenoxy) is 1. The first-order chi connectivity index (χ1) is 5.91. The van der Waals surface area contributed by atoms with Crippen molar-refractivity contribution in [2.24, 2.45) is 11.7 Å². The third kappa shape index (κ3) is 2.84. The molecule has 1 fully saturated rings. The summed E-state index contributed by atoms with van der Waals surface area (Å²) in [5, 5.41) is 0. The van der Waals surface area contributed by atoms with Gasteiger partial charge in [-0.25, -0.2) is 0 Å². The third-order valence-electron chi connectivity index (χ3n) is 2.43. The van der Waals surface area contributed by atoms with E-state index in [4.69, 9.17) is 5.73 Å². The minimum atomic E-state index is -4.24. The minimum absolute atomic E-state index is 0.00116. The summed E-state index contributed by atoms with van der Waals surface area (Å²) < 4.78 is 41.3. The Hall–Kier alpha value is -0.290. The second-order valence-corrected chi connectivity index (χ2v) is 3.54. The summed E-state index contributed by atoms with van der Waals surface area (Å²) in [5.74, 6) is -0.0691. The molecule has 0 aromatic carbocycles. The van der Waals surface area contributed by atoms with E-state index in [1.807, 2.05) is 0 Å². The Morgan fingerprint density at radius 1 is 1.46 bits per heavy atom. The highest BCUT2D eigenvalue weighted by Gasteiger charge is 2.44. The first kappa shape index (κ1) is 10.8. The van der Waals surface area contributed by atoms with Crippen LogP contribution in [0.5, 0.6) is 0 Å². The lowest BCUT2D eigenvalue weighted by atomic mass is 9.90. The largest absolute Gasteiger partial charge is 0.414 e. The van der Waals surface area contributed by atoms with Gasteiger partial charge in [0.1, 0.15) is 0 Å². The number of halogens is 3.